The van der Waals surface area contributed by atoms with Gasteiger partial charge in [0.05, 0.1) is 11.7 Å². The van der Waals surface area contributed by atoms with Gasteiger partial charge in [0.15, 0.2) is 5.82 Å². The Kier molecular flexibility index (Phi) is 6.28. The zero-order valence-corrected chi connectivity index (χ0v) is 20.2. The van der Waals surface area contributed by atoms with Crippen LogP contribution in [0.3, 0.4) is 0 Å². The first-order chi connectivity index (χ1) is 17.9. The number of allylic oxidation sites excluding steroid dienone is 1. The number of alkyl halides is 3. The fourth-order valence-corrected chi connectivity index (χ4v) is 4.54. The van der Waals surface area contributed by atoms with Crippen molar-refractivity contribution in [1.29, 1.82) is 5.41 Å². The number of benzene rings is 1. The Morgan fingerprint density at radius 1 is 1.22 bits per heavy atom. The van der Waals surface area contributed by atoms with Crippen molar-refractivity contribution in [2.45, 2.75) is 25.4 Å². The summed E-state index contributed by atoms with van der Waals surface area (Å²) in [5, 5.41) is 21.3. The molecule has 5 rings (SSSR count). The number of aromatic nitrogens is 5. The maximum Gasteiger partial charge on any atom is 0.332 e. The molecule has 0 saturated carbocycles. The molecule has 0 amide bonds. The van der Waals surface area contributed by atoms with Crippen molar-refractivity contribution in [2.24, 2.45) is 0 Å². The van der Waals surface area contributed by atoms with Crippen LogP contribution in [0.15, 0.2) is 66.8 Å². The van der Waals surface area contributed by atoms with Gasteiger partial charge in [0.2, 0.25) is 5.82 Å². The van der Waals surface area contributed by atoms with Crippen LogP contribution in [-0.2, 0) is 12.5 Å². The molecule has 3 N–H and O–H groups in total. The van der Waals surface area contributed by atoms with Crippen LogP contribution in [0.4, 0.5) is 19.0 Å². The first kappa shape index (κ1) is 24.3. The van der Waals surface area contributed by atoms with Crippen molar-refractivity contribution in [2.75, 3.05) is 19.0 Å². The standard InChI is InChI=1S/C26H25F3N8/c1-16-13-32-23(33-22(31-2)8-9-30)11-20(16)17-10-21-24-34-35-25(26(28,29)18-6-4-3-5-7-18)37(24)19(12-27)15-36(21)14-17/h3-11,13-14,19,30-31H,12,15H2,1-2H3,(H,32,33)/b22-8+,30-9?/t19-/m0/s1. The molecule has 0 radical (unpaired) electrons. The molecule has 11 heteroatoms. The minimum Gasteiger partial charge on any atom is -0.375 e. The third-order valence-electron chi connectivity index (χ3n) is 6.39. The number of nitrogens with one attached hydrogen (secondary N) is 3. The Morgan fingerprint density at radius 3 is 2.70 bits per heavy atom. The van der Waals surface area contributed by atoms with Gasteiger partial charge in [-0.3, -0.25) is 4.57 Å². The summed E-state index contributed by atoms with van der Waals surface area (Å²) in [4.78, 5) is 4.40. The van der Waals surface area contributed by atoms with E-state index in [0.717, 1.165) is 22.9 Å². The zero-order valence-electron chi connectivity index (χ0n) is 20.2. The molecule has 4 aromatic rings. The number of halogens is 3. The van der Waals surface area contributed by atoms with E-state index in [2.05, 4.69) is 25.8 Å². The van der Waals surface area contributed by atoms with Crippen molar-refractivity contribution in [1.82, 2.24) is 29.6 Å². The van der Waals surface area contributed by atoms with Crippen molar-refractivity contribution in [3.05, 3.63) is 83.7 Å². The second-order valence-electron chi connectivity index (χ2n) is 8.74. The van der Waals surface area contributed by atoms with Gasteiger partial charge in [-0.1, -0.05) is 30.3 Å². The van der Waals surface area contributed by atoms with Gasteiger partial charge in [-0.05, 0) is 36.3 Å². The first-order valence-corrected chi connectivity index (χ1v) is 11.6. The van der Waals surface area contributed by atoms with Crippen LogP contribution in [-0.4, -0.2) is 44.3 Å². The molecule has 1 aromatic carbocycles. The Bertz CT molecular complexity index is 1470. The van der Waals surface area contributed by atoms with E-state index < -0.39 is 24.5 Å². The van der Waals surface area contributed by atoms with Gasteiger partial charge in [0, 0.05) is 43.3 Å². The summed E-state index contributed by atoms with van der Waals surface area (Å²) in [6.45, 7) is 1.24. The van der Waals surface area contributed by atoms with Gasteiger partial charge in [-0.2, -0.15) is 8.78 Å². The highest BCUT2D eigenvalue weighted by atomic mass is 19.3. The summed E-state index contributed by atoms with van der Waals surface area (Å²) < 4.78 is 48.2. The quantitative estimate of drug-likeness (QED) is 0.295. The lowest BCUT2D eigenvalue weighted by Gasteiger charge is -2.28. The molecule has 1 aliphatic rings. The smallest absolute Gasteiger partial charge is 0.332 e. The van der Waals surface area contributed by atoms with E-state index in [4.69, 9.17) is 5.41 Å². The molecule has 1 atom stereocenters. The van der Waals surface area contributed by atoms with Crippen molar-refractivity contribution >= 4 is 12.0 Å². The molecule has 37 heavy (non-hydrogen) atoms. The summed E-state index contributed by atoms with van der Waals surface area (Å²) in [5.41, 5.74) is 2.92. The lowest BCUT2D eigenvalue weighted by atomic mass is 10.0. The van der Waals surface area contributed by atoms with Crippen molar-refractivity contribution in [3.8, 4) is 22.6 Å². The number of fused-ring (bicyclic) bond motifs is 3. The van der Waals surface area contributed by atoms with Crippen molar-refractivity contribution in [3.63, 3.8) is 0 Å². The van der Waals surface area contributed by atoms with Crippen molar-refractivity contribution < 1.29 is 13.2 Å². The van der Waals surface area contributed by atoms with E-state index in [1.54, 1.807) is 25.4 Å². The number of nitrogens with zero attached hydrogens (tertiary/aromatic N) is 5. The van der Waals surface area contributed by atoms with E-state index in [1.807, 2.05) is 29.8 Å². The SMILES string of the molecule is CN/C(=C\C=N)Nc1cc(-c2cc3n(c2)C[C@H](CF)n2c-3nnc2C(F)(F)c2ccccc2)c(C)cn1. The van der Waals surface area contributed by atoms with Gasteiger partial charge in [-0.15, -0.1) is 10.2 Å². The Balaban J connectivity index is 1.57. The predicted octanol–water partition coefficient (Wildman–Crippen LogP) is 4.90. The second-order valence-corrected chi connectivity index (χ2v) is 8.74. The molecule has 3 aromatic heterocycles. The van der Waals surface area contributed by atoms with Gasteiger partial charge >= 0.3 is 5.92 Å². The van der Waals surface area contributed by atoms with Gasteiger partial charge in [-0.25, -0.2) is 9.37 Å². The summed E-state index contributed by atoms with van der Waals surface area (Å²) in [6, 6.07) is 10.2. The average Bonchev–Trinajstić information content (AvgIpc) is 3.54. The zero-order chi connectivity index (χ0) is 26.2. The lowest BCUT2D eigenvalue weighted by molar-refractivity contribution is 0.0258. The maximum atomic E-state index is 15.5. The average molecular weight is 507 g/mol. The third-order valence-corrected chi connectivity index (χ3v) is 6.39. The lowest BCUT2D eigenvalue weighted by Crippen LogP contribution is -2.30. The Hall–Kier alpha value is -4.41. The molecule has 190 valence electrons. The topological polar surface area (TPSA) is 96.4 Å². The van der Waals surface area contributed by atoms with Crippen LogP contribution in [0.25, 0.3) is 22.6 Å². The van der Waals surface area contributed by atoms with E-state index in [-0.39, 0.29) is 17.9 Å². The van der Waals surface area contributed by atoms with Gasteiger partial charge < -0.3 is 20.6 Å². The molecular formula is C26H25F3N8. The Labute approximate surface area is 211 Å². The van der Waals surface area contributed by atoms with Crippen LogP contribution in [0, 0.1) is 12.3 Å². The summed E-state index contributed by atoms with van der Waals surface area (Å²) in [6.07, 6.45) is 6.30. The third kappa shape index (κ3) is 4.26. The number of rotatable bonds is 8. The summed E-state index contributed by atoms with van der Waals surface area (Å²) in [7, 11) is 1.73. The second kappa shape index (κ2) is 9.57. The monoisotopic (exact) mass is 506 g/mol. The fourth-order valence-electron chi connectivity index (χ4n) is 4.54. The van der Waals surface area contributed by atoms with Crippen LogP contribution >= 0.6 is 0 Å². The fraction of sp³-hybridized carbons (Fsp3) is 0.231. The van der Waals surface area contributed by atoms with Crippen LogP contribution in [0.2, 0.25) is 0 Å². The highest BCUT2D eigenvalue weighted by Gasteiger charge is 2.43. The van der Waals surface area contributed by atoms with Crippen LogP contribution < -0.4 is 10.6 Å². The number of aryl methyl sites for hydroxylation is 1. The van der Waals surface area contributed by atoms with Crippen LogP contribution in [0.5, 0.6) is 0 Å². The number of anilines is 1. The minimum atomic E-state index is -3.44. The van der Waals surface area contributed by atoms with Crippen LogP contribution in [0.1, 0.15) is 23.0 Å². The molecule has 8 nitrogen and oxygen atoms in total. The molecule has 4 heterocycles. The molecule has 0 unspecified atom stereocenters. The highest BCUT2D eigenvalue weighted by Crippen LogP contribution is 2.41. The van der Waals surface area contributed by atoms with Gasteiger partial charge in [0.1, 0.15) is 18.3 Å². The van der Waals surface area contributed by atoms with Gasteiger partial charge in [0.25, 0.3) is 0 Å². The van der Waals surface area contributed by atoms with E-state index in [0.29, 0.717) is 17.3 Å². The molecule has 0 fully saturated rings. The molecule has 0 spiro atoms. The maximum absolute atomic E-state index is 15.5. The van der Waals surface area contributed by atoms with E-state index >= 15 is 8.78 Å². The number of pyridine rings is 1. The largest absolute Gasteiger partial charge is 0.375 e. The summed E-state index contributed by atoms with van der Waals surface area (Å²) >= 11 is 0. The van der Waals surface area contributed by atoms with E-state index in [1.165, 1.54) is 28.8 Å². The molecular weight excluding hydrogens is 481 g/mol. The molecule has 0 bridgehead atoms. The predicted molar refractivity (Wildman–Crippen MR) is 135 cm³/mol. The minimum absolute atomic E-state index is 0.163. The number of hydrogen-bond acceptors (Lipinski definition) is 6. The first-order valence-electron chi connectivity index (χ1n) is 11.6. The normalized spacial score (nSPS) is 15.2. The molecule has 0 aliphatic carbocycles. The molecule has 0 saturated heterocycles. The molecule has 1 aliphatic heterocycles. The Morgan fingerprint density at radius 2 is 2.00 bits per heavy atom. The summed E-state index contributed by atoms with van der Waals surface area (Å²) in [5.74, 6) is -2.66. The number of hydrogen-bond donors (Lipinski definition) is 3. The van der Waals surface area contributed by atoms with E-state index in [9.17, 15) is 4.39 Å². The highest BCUT2D eigenvalue weighted by molar-refractivity contribution is 5.75.